The molecule has 0 aliphatic heterocycles. The van der Waals surface area contributed by atoms with Crippen LogP contribution in [0.4, 0.5) is 0 Å². The molecule has 3 N–H and O–H groups in total. The zero-order valence-electron chi connectivity index (χ0n) is 17.9. The van der Waals surface area contributed by atoms with Gasteiger partial charge in [-0.05, 0) is 61.1 Å². The number of aromatic hydroxyl groups is 2. The Hall–Kier alpha value is -3.02. The Labute approximate surface area is 172 Å². The molecule has 0 radical (unpaired) electrons. The Bertz CT molecular complexity index is 873. The molecule has 0 atom stereocenters. The normalized spacial score (nSPS) is 11.6. The van der Waals surface area contributed by atoms with Gasteiger partial charge in [-0.3, -0.25) is 4.79 Å². The summed E-state index contributed by atoms with van der Waals surface area (Å²) in [6.07, 6.45) is 1.38. The van der Waals surface area contributed by atoms with Crippen LogP contribution in [0.5, 0.6) is 17.2 Å². The third-order valence-corrected chi connectivity index (χ3v) is 4.42. The van der Waals surface area contributed by atoms with Gasteiger partial charge in [-0.2, -0.15) is 5.10 Å². The van der Waals surface area contributed by atoms with E-state index in [-0.39, 0.29) is 35.3 Å². The van der Waals surface area contributed by atoms with Crippen molar-refractivity contribution in [2.75, 3.05) is 0 Å². The van der Waals surface area contributed by atoms with Gasteiger partial charge in [0.05, 0.1) is 12.3 Å². The molecular weight excluding hydrogens is 368 g/mol. The third-order valence-electron chi connectivity index (χ3n) is 4.42. The van der Waals surface area contributed by atoms with Crippen molar-refractivity contribution in [3.63, 3.8) is 0 Å². The van der Waals surface area contributed by atoms with Gasteiger partial charge in [0.1, 0.15) is 17.2 Å². The van der Waals surface area contributed by atoms with E-state index in [4.69, 9.17) is 4.74 Å². The summed E-state index contributed by atoms with van der Waals surface area (Å²) in [6, 6.07) is 8.27. The van der Waals surface area contributed by atoms with Crippen molar-refractivity contribution in [1.82, 2.24) is 5.43 Å². The first-order valence-electron chi connectivity index (χ1n) is 9.80. The number of benzene rings is 2. The minimum Gasteiger partial charge on any atom is -0.507 e. The largest absolute Gasteiger partial charge is 0.507 e. The van der Waals surface area contributed by atoms with Crippen LogP contribution in [0.3, 0.4) is 0 Å². The van der Waals surface area contributed by atoms with Crippen LogP contribution >= 0.6 is 0 Å². The van der Waals surface area contributed by atoms with E-state index in [9.17, 15) is 15.0 Å². The van der Waals surface area contributed by atoms with E-state index in [1.54, 1.807) is 24.3 Å². The first-order valence-corrected chi connectivity index (χ1v) is 9.80. The van der Waals surface area contributed by atoms with Crippen molar-refractivity contribution >= 4 is 12.1 Å². The summed E-state index contributed by atoms with van der Waals surface area (Å²) in [5.41, 5.74) is 4.82. The van der Waals surface area contributed by atoms with Crippen LogP contribution in [0.2, 0.25) is 0 Å². The molecular formula is C23H30N2O4. The molecule has 156 valence electrons. The van der Waals surface area contributed by atoms with Gasteiger partial charge < -0.3 is 14.9 Å². The lowest BCUT2D eigenvalue weighted by atomic mass is 9.91. The van der Waals surface area contributed by atoms with Gasteiger partial charge in [-0.25, -0.2) is 5.43 Å². The van der Waals surface area contributed by atoms with Crippen LogP contribution in [-0.4, -0.2) is 28.4 Å². The predicted molar refractivity (Wildman–Crippen MR) is 115 cm³/mol. The third kappa shape index (κ3) is 5.73. The maximum Gasteiger partial charge on any atom is 0.271 e. The minimum absolute atomic E-state index is 0.00461. The van der Waals surface area contributed by atoms with Crippen LogP contribution in [0.15, 0.2) is 35.4 Å². The number of hydrogen-bond donors (Lipinski definition) is 3. The van der Waals surface area contributed by atoms with Crippen molar-refractivity contribution in [3.05, 3.63) is 52.6 Å². The van der Waals surface area contributed by atoms with Crippen LogP contribution in [0, 0.1) is 0 Å². The van der Waals surface area contributed by atoms with Crippen LogP contribution in [0.25, 0.3) is 0 Å². The summed E-state index contributed by atoms with van der Waals surface area (Å²) < 4.78 is 5.53. The Morgan fingerprint density at radius 3 is 2.07 bits per heavy atom. The average molecular weight is 399 g/mol. The summed E-state index contributed by atoms with van der Waals surface area (Å²) >= 11 is 0. The number of carbonyl (C=O) groups is 1. The maximum absolute atomic E-state index is 12.6. The van der Waals surface area contributed by atoms with E-state index < -0.39 is 0 Å². The zero-order valence-corrected chi connectivity index (χ0v) is 17.9. The highest BCUT2D eigenvalue weighted by Gasteiger charge is 2.18. The van der Waals surface area contributed by atoms with Crippen molar-refractivity contribution in [2.45, 2.75) is 59.5 Å². The second-order valence-corrected chi connectivity index (χ2v) is 7.90. The first kappa shape index (κ1) is 22.3. The molecule has 0 unspecified atom stereocenters. The molecule has 6 heteroatoms. The molecule has 0 bridgehead atoms. The fourth-order valence-corrected chi connectivity index (χ4v) is 2.89. The number of ether oxygens (including phenoxy) is 1. The molecule has 2 rings (SSSR count). The lowest BCUT2D eigenvalue weighted by molar-refractivity contribution is 0.0955. The number of phenolic OH excluding ortho intramolecular Hbond substituents is 2. The number of rotatable bonds is 7. The van der Waals surface area contributed by atoms with Crippen LogP contribution in [-0.2, 0) is 0 Å². The number of amides is 1. The molecule has 6 nitrogen and oxygen atoms in total. The predicted octanol–water partition coefficient (Wildman–Crippen LogP) is 4.90. The quantitative estimate of drug-likeness (QED) is 0.457. The van der Waals surface area contributed by atoms with E-state index in [1.807, 2.05) is 41.5 Å². The first-order chi connectivity index (χ1) is 13.6. The van der Waals surface area contributed by atoms with Gasteiger partial charge in [0.2, 0.25) is 0 Å². The van der Waals surface area contributed by atoms with E-state index >= 15 is 0 Å². The number of nitrogens with one attached hydrogen (secondary N) is 1. The SMILES string of the molecule is CC(C)Oc1ccc(C=NNC(=O)c2cc(C(C)C)c(O)c(C(C)C)c2)c(O)c1. The second kappa shape index (κ2) is 9.45. The number of hydrazone groups is 1. The van der Waals surface area contributed by atoms with E-state index in [2.05, 4.69) is 10.5 Å². The van der Waals surface area contributed by atoms with E-state index in [0.717, 1.165) is 11.1 Å². The van der Waals surface area contributed by atoms with E-state index in [1.165, 1.54) is 12.3 Å². The molecule has 2 aromatic rings. The highest BCUT2D eigenvalue weighted by atomic mass is 16.5. The highest BCUT2D eigenvalue weighted by Crippen LogP contribution is 2.34. The van der Waals surface area contributed by atoms with Gasteiger partial charge in [-0.15, -0.1) is 0 Å². The zero-order chi connectivity index (χ0) is 21.7. The molecule has 29 heavy (non-hydrogen) atoms. The van der Waals surface area contributed by atoms with Crippen molar-refractivity contribution in [1.29, 1.82) is 0 Å². The molecule has 0 aliphatic rings. The molecule has 1 amide bonds. The lowest BCUT2D eigenvalue weighted by Crippen LogP contribution is -2.18. The fourth-order valence-electron chi connectivity index (χ4n) is 2.89. The molecule has 2 aromatic carbocycles. The van der Waals surface area contributed by atoms with Crippen LogP contribution < -0.4 is 10.2 Å². The van der Waals surface area contributed by atoms with Gasteiger partial charge in [-0.1, -0.05) is 27.7 Å². The molecule has 0 spiro atoms. The smallest absolute Gasteiger partial charge is 0.271 e. The van der Waals surface area contributed by atoms with Crippen molar-refractivity contribution < 1.29 is 19.7 Å². The van der Waals surface area contributed by atoms with Gasteiger partial charge in [0, 0.05) is 17.2 Å². The van der Waals surface area contributed by atoms with Gasteiger partial charge >= 0.3 is 0 Å². The maximum atomic E-state index is 12.6. The summed E-state index contributed by atoms with van der Waals surface area (Å²) in [5.74, 6) is 0.577. The molecule has 0 heterocycles. The topological polar surface area (TPSA) is 91.2 Å². The second-order valence-electron chi connectivity index (χ2n) is 7.90. The minimum atomic E-state index is -0.385. The molecule has 0 fully saturated rings. The van der Waals surface area contributed by atoms with Gasteiger partial charge in [0.25, 0.3) is 5.91 Å². The lowest BCUT2D eigenvalue weighted by Gasteiger charge is -2.17. The number of phenols is 2. The van der Waals surface area contributed by atoms with Crippen molar-refractivity contribution in [3.8, 4) is 17.2 Å². The number of hydrogen-bond acceptors (Lipinski definition) is 5. The summed E-state index contributed by atoms with van der Waals surface area (Å²) in [6.45, 7) is 11.7. The van der Waals surface area contributed by atoms with Crippen molar-refractivity contribution in [2.24, 2.45) is 5.10 Å². The summed E-state index contributed by atoms with van der Waals surface area (Å²) in [4.78, 5) is 12.6. The van der Waals surface area contributed by atoms with Crippen LogP contribution in [0.1, 0.15) is 80.4 Å². The summed E-state index contributed by atoms with van der Waals surface area (Å²) in [7, 11) is 0. The van der Waals surface area contributed by atoms with Gasteiger partial charge in [0.15, 0.2) is 0 Å². The standard InChI is InChI=1S/C23H30N2O4/c1-13(2)19-9-17(10-20(14(3)4)22(19)27)23(28)25-24-12-16-7-8-18(11-21(16)26)29-15(5)6/h7-15,26-27H,1-6H3,(H,25,28). The average Bonchev–Trinajstić information content (AvgIpc) is 2.62. The molecule has 0 aliphatic carbocycles. The summed E-state index contributed by atoms with van der Waals surface area (Å²) in [5, 5.41) is 24.5. The number of nitrogens with zero attached hydrogens (tertiary/aromatic N) is 1. The monoisotopic (exact) mass is 398 g/mol. The molecule has 0 aromatic heterocycles. The fraction of sp³-hybridized carbons (Fsp3) is 0.391. The Morgan fingerprint density at radius 2 is 1.59 bits per heavy atom. The Morgan fingerprint density at radius 1 is 1.00 bits per heavy atom. The van der Waals surface area contributed by atoms with E-state index in [0.29, 0.717) is 16.9 Å². The highest BCUT2D eigenvalue weighted by molar-refractivity contribution is 5.96. The molecule has 0 saturated heterocycles. The molecule has 0 saturated carbocycles. The number of carbonyl (C=O) groups excluding carboxylic acids is 1. The Balaban J connectivity index is 2.18. The Kier molecular flexibility index (Phi) is 7.26.